The Hall–Kier alpha value is -2.30. The van der Waals surface area contributed by atoms with Gasteiger partial charge in [-0.05, 0) is 11.6 Å². The van der Waals surface area contributed by atoms with Crippen LogP contribution in [0.5, 0.6) is 0 Å². The molecule has 0 bridgehead atoms. The Morgan fingerprint density at radius 1 is 1.30 bits per heavy atom. The smallest absolute Gasteiger partial charge is 0.410 e. The highest BCUT2D eigenvalue weighted by Gasteiger charge is 2.22. The van der Waals surface area contributed by atoms with Crippen LogP contribution in [0.2, 0.25) is 0 Å². The maximum Gasteiger partial charge on any atom is 0.410 e. The predicted octanol–water partition coefficient (Wildman–Crippen LogP) is 2.13. The molecule has 0 radical (unpaired) electrons. The molecule has 5 heteroatoms. The van der Waals surface area contributed by atoms with Crippen LogP contribution in [-0.4, -0.2) is 36.2 Å². The zero-order valence-electron chi connectivity index (χ0n) is 11.3. The average molecular weight is 275 g/mol. The van der Waals surface area contributed by atoms with Crippen LogP contribution >= 0.6 is 0 Å². The van der Waals surface area contributed by atoms with Crippen LogP contribution in [0.3, 0.4) is 0 Å². The van der Waals surface area contributed by atoms with E-state index in [0.717, 1.165) is 5.56 Å². The summed E-state index contributed by atoms with van der Waals surface area (Å²) in [6.45, 7) is 2.37. The number of ether oxygens (including phenoxy) is 2. The molecule has 0 spiro atoms. The minimum absolute atomic E-state index is 0.234. The summed E-state index contributed by atoms with van der Waals surface area (Å²) in [5, 5.41) is 0. The van der Waals surface area contributed by atoms with Gasteiger partial charge in [0.1, 0.15) is 12.7 Å². The van der Waals surface area contributed by atoms with E-state index in [1.807, 2.05) is 30.3 Å². The van der Waals surface area contributed by atoms with Crippen molar-refractivity contribution < 1.29 is 19.1 Å². The van der Waals surface area contributed by atoms with Crippen LogP contribution in [0.15, 0.2) is 42.5 Å². The Bertz CT molecular complexity index is 498. The van der Waals surface area contributed by atoms with E-state index in [1.54, 1.807) is 12.2 Å². The number of benzene rings is 1. The maximum atomic E-state index is 11.9. The maximum absolute atomic E-state index is 11.9. The second-order valence-corrected chi connectivity index (χ2v) is 4.52. The van der Waals surface area contributed by atoms with Crippen LogP contribution in [0.25, 0.3) is 0 Å². The van der Waals surface area contributed by atoms with Crippen LogP contribution in [0.4, 0.5) is 4.79 Å². The third kappa shape index (κ3) is 4.12. The SMILES string of the molecule is CC(=O)O[C@@H]1C=CCN(C(=O)OCc2ccccc2)C1. The van der Waals surface area contributed by atoms with Crippen LogP contribution in [-0.2, 0) is 20.9 Å². The molecule has 106 valence electrons. The molecule has 0 saturated carbocycles. The number of hydrogen-bond acceptors (Lipinski definition) is 4. The molecule has 20 heavy (non-hydrogen) atoms. The van der Waals surface area contributed by atoms with E-state index in [2.05, 4.69) is 0 Å². The third-order valence-corrected chi connectivity index (χ3v) is 2.86. The number of rotatable bonds is 3. The number of nitrogens with zero attached hydrogens (tertiary/aromatic N) is 1. The van der Waals surface area contributed by atoms with E-state index >= 15 is 0 Å². The fourth-order valence-electron chi connectivity index (χ4n) is 1.94. The van der Waals surface area contributed by atoms with E-state index in [4.69, 9.17) is 9.47 Å². The van der Waals surface area contributed by atoms with E-state index in [9.17, 15) is 9.59 Å². The fraction of sp³-hybridized carbons (Fsp3) is 0.333. The van der Waals surface area contributed by atoms with Gasteiger partial charge in [-0.2, -0.15) is 0 Å². The summed E-state index contributed by atoms with van der Waals surface area (Å²) in [5.41, 5.74) is 0.935. The lowest BCUT2D eigenvalue weighted by Crippen LogP contribution is -2.41. The molecule has 1 aromatic carbocycles. The van der Waals surface area contributed by atoms with Gasteiger partial charge in [0.25, 0.3) is 0 Å². The molecule has 1 aliphatic rings. The molecule has 1 atom stereocenters. The summed E-state index contributed by atoms with van der Waals surface area (Å²) >= 11 is 0. The van der Waals surface area contributed by atoms with Crippen molar-refractivity contribution in [3.63, 3.8) is 0 Å². The van der Waals surface area contributed by atoms with Crippen molar-refractivity contribution in [2.24, 2.45) is 0 Å². The molecule has 0 N–H and O–H groups in total. The van der Waals surface area contributed by atoms with Crippen LogP contribution < -0.4 is 0 Å². The first-order valence-corrected chi connectivity index (χ1v) is 6.44. The molecule has 1 aliphatic heterocycles. The van der Waals surface area contributed by atoms with Crippen molar-refractivity contribution in [2.45, 2.75) is 19.6 Å². The summed E-state index contributed by atoms with van der Waals surface area (Å²) in [5.74, 6) is -0.362. The Balaban J connectivity index is 1.84. The first-order valence-electron chi connectivity index (χ1n) is 6.44. The second kappa shape index (κ2) is 6.75. The molecule has 0 unspecified atom stereocenters. The summed E-state index contributed by atoms with van der Waals surface area (Å²) in [6.07, 6.45) is 2.77. The summed E-state index contributed by atoms with van der Waals surface area (Å²) in [4.78, 5) is 24.4. The van der Waals surface area contributed by atoms with E-state index in [-0.39, 0.29) is 12.6 Å². The number of esters is 1. The van der Waals surface area contributed by atoms with Gasteiger partial charge >= 0.3 is 12.1 Å². The van der Waals surface area contributed by atoms with Gasteiger partial charge in [0.2, 0.25) is 0 Å². The van der Waals surface area contributed by atoms with Crippen LogP contribution in [0, 0.1) is 0 Å². The standard InChI is InChI=1S/C15H17NO4/c1-12(17)20-14-8-5-9-16(10-14)15(18)19-11-13-6-3-2-4-7-13/h2-8,14H,9-11H2,1H3/t14-/m1/s1. The summed E-state index contributed by atoms with van der Waals surface area (Å²) in [6, 6.07) is 9.48. The van der Waals surface area contributed by atoms with E-state index < -0.39 is 12.2 Å². The Labute approximate surface area is 117 Å². The highest BCUT2D eigenvalue weighted by molar-refractivity contribution is 5.69. The molecular weight excluding hydrogens is 258 g/mol. The minimum atomic E-state index is -0.407. The van der Waals surface area contributed by atoms with Crippen molar-refractivity contribution in [2.75, 3.05) is 13.1 Å². The molecule has 0 aliphatic carbocycles. The first-order chi connectivity index (χ1) is 9.65. The Morgan fingerprint density at radius 3 is 2.75 bits per heavy atom. The number of hydrogen-bond donors (Lipinski definition) is 0. The quantitative estimate of drug-likeness (QED) is 0.626. The predicted molar refractivity (Wildman–Crippen MR) is 72.9 cm³/mol. The normalized spacial score (nSPS) is 17.6. The summed E-state index contributed by atoms with van der Waals surface area (Å²) in [7, 11) is 0. The zero-order valence-corrected chi connectivity index (χ0v) is 11.3. The van der Waals surface area contributed by atoms with E-state index in [1.165, 1.54) is 11.8 Å². The van der Waals surface area contributed by atoms with Gasteiger partial charge in [0.15, 0.2) is 0 Å². The molecule has 0 saturated heterocycles. The lowest BCUT2D eigenvalue weighted by molar-refractivity contribution is -0.144. The molecule has 1 aromatic rings. The number of carbonyl (C=O) groups is 2. The third-order valence-electron chi connectivity index (χ3n) is 2.86. The van der Waals surface area contributed by atoms with Crippen molar-refractivity contribution in [3.05, 3.63) is 48.0 Å². The van der Waals surface area contributed by atoms with Gasteiger partial charge < -0.3 is 14.4 Å². The van der Waals surface area contributed by atoms with Gasteiger partial charge in [-0.1, -0.05) is 36.4 Å². The van der Waals surface area contributed by atoms with Crippen molar-refractivity contribution in [1.82, 2.24) is 4.90 Å². The van der Waals surface area contributed by atoms with E-state index in [0.29, 0.717) is 13.1 Å². The van der Waals surface area contributed by atoms with Crippen molar-refractivity contribution in [3.8, 4) is 0 Å². The Morgan fingerprint density at radius 2 is 2.05 bits per heavy atom. The zero-order chi connectivity index (χ0) is 14.4. The minimum Gasteiger partial charge on any atom is -0.456 e. The molecule has 1 amide bonds. The topological polar surface area (TPSA) is 55.8 Å². The molecular formula is C15H17NO4. The van der Waals surface area contributed by atoms with Gasteiger partial charge in [0.05, 0.1) is 6.54 Å². The summed E-state index contributed by atoms with van der Waals surface area (Å²) < 4.78 is 10.3. The highest BCUT2D eigenvalue weighted by atomic mass is 16.6. The Kier molecular flexibility index (Phi) is 4.76. The molecule has 1 heterocycles. The van der Waals surface area contributed by atoms with Gasteiger partial charge in [0, 0.05) is 13.5 Å². The molecule has 0 fully saturated rings. The first kappa shape index (κ1) is 14.1. The van der Waals surface area contributed by atoms with Crippen molar-refractivity contribution in [1.29, 1.82) is 0 Å². The lowest BCUT2D eigenvalue weighted by atomic mass is 10.2. The largest absolute Gasteiger partial charge is 0.456 e. The molecule has 0 aromatic heterocycles. The fourth-order valence-corrected chi connectivity index (χ4v) is 1.94. The molecule has 2 rings (SSSR count). The van der Waals surface area contributed by atoms with Gasteiger partial charge in [-0.25, -0.2) is 4.79 Å². The van der Waals surface area contributed by atoms with Crippen LogP contribution in [0.1, 0.15) is 12.5 Å². The number of carbonyl (C=O) groups excluding carboxylic acids is 2. The highest BCUT2D eigenvalue weighted by Crippen LogP contribution is 2.09. The monoisotopic (exact) mass is 275 g/mol. The second-order valence-electron chi connectivity index (χ2n) is 4.52. The van der Waals surface area contributed by atoms with Gasteiger partial charge in [-0.3, -0.25) is 4.79 Å². The van der Waals surface area contributed by atoms with Crippen molar-refractivity contribution >= 4 is 12.1 Å². The number of amides is 1. The lowest BCUT2D eigenvalue weighted by Gasteiger charge is -2.27. The van der Waals surface area contributed by atoms with Gasteiger partial charge in [-0.15, -0.1) is 0 Å². The molecule has 5 nitrogen and oxygen atoms in total. The average Bonchev–Trinajstić information content (AvgIpc) is 2.45.